The van der Waals surface area contributed by atoms with E-state index in [0.29, 0.717) is 6.04 Å². The van der Waals surface area contributed by atoms with E-state index in [-0.39, 0.29) is 0 Å². The van der Waals surface area contributed by atoms with Crippen LogP contribution in [0.15, 0.2) is 24.3 Å². The fourth-order valence-corrected chi connectivity index (χ4v) is 2.16. The number of aryl methyl sites for hydroxylation is 1. The first kappa shape index (κ1) is 8.76. The van der Waals surface area contributed by atoms with Crippen LogP contribution in [0.1, 0.15) is 36.4 Å². The van der Waals surface area contributed by atoms with E-state index >= 15 is 0 Å². The molecule has 2 rings (SSSR count). The van der Waals surface area contributed by atoms with Crippen molar-refractivity contribution in [3.05, 3.63) is 40.7 Å². The summed E-state index contributed by atoms with van der Waals surface area (Å²) in [7, 11) is 1.94. The summed E-state index contributed by atoms with van der Waals surface area (Å²) in [6.07, 6.45) is 5.11. The van der Waals surface area contributed by atoms with Gasteiger partial charge in [0.05, 0.1) is 0 Å². The minimum absolute atomic E-state index is 0.457. The van der Waals surface area contributed by atoms with Gasteiger partial charge in [-0.05, 0) is 18.4 Å². The second kappa shape index (κ2) is 3.93. The highest BCUT2D eigenvalue weighted by atomic mass is 14.9. The van der Waals surface area contributed by atoms with Gasteiger partial charge in [-0.2, -0.15) is 7.05 Å². The van der Waals surface area contributed by atoms with Crippen LogP contribution in [0.5, 0.6) is 0 Å². The van der Waals surface area contributed by atoms with Gasteiger partial charge in [-0.15, -0.1) is 6.04 Å². The van der Waals surface area contributed by atoms with Crippen molar-refractivity contribution in [2.75, 3.05) is 7.05 Å². The van der Waals surface area contributed by atoms with Crippen molar-refractivity contribution in [2.24, 2.45) is 0 Å². The summed E-state index contributed by atoms with van der Waals surface area (Å²) in [4.78, 5) is 0. The van der Waals surface area contributed by atoms with Crippen molar-refractivity contribution in [3.8, 4) is 0 Å². The Morgan fingerprint density at radius 3 is 2.92 bits per heavy atom. The topological polar surface area (TPSA) is 14.1 Å². The van der Waals surface area contributed by atoms with E-state index in [4.69, 9.17) is 0 Å². The first-order valence-electron chi connectivity index (χ1n) is 5.08. The lowest BCUT2D eigenvalue weighted by Crippen LogP contribution is -1.97. The molecule has 0 spiro atoms. The standard InChI is InChI=1S/C12H16N/c1-13-12-9-5-3-7-10-6-2-4-8-11(10)12/h2,4,6,8,12H,3,5,7,9H2,1H3/q-1/t12-/m0/s1. The van der Waals surface area contributed by atoms with Crippen LogP contribution in [0, 0.1) is 0 Å². The first-order chi connectivity index (χ1) is 6.42. The van der Waals surface area contributed by atoms with Gasteiger partial charge in [0.15, 0.2) is 0 Å². The molecule has 1 heteroatoms. The molecule has 0 heterocycles. The van der Waals surface area contributed by atoms with Crippen LogP contribution >= 0.6 is 0 Å². The Morgan fingerprint density at radius 2 is 2.08 bits per heavy atom. The zero-order chi connectivity index (χ0) is 9.10. The van der Waals surface area contributed by atoms with Crippen molar-refractivity contribution in [1.82, 2.24) is 0 Å². The predicted octanol–water partition coefficient (Wildman–Crippen LogP) is 3.46. The zero-order valence-corrected chi connectivity index (χ0v) is 8.16. The molecule has 0 unspecified atom stereocenters. The molecule has 1 aliphatic rings. The Bertz CT molecular complexity index is 280. The Morgan fingerprint density at radius 1 is 1.23 bits per heavy atom. The highest BCUT2D eigenvalue weighted by Crippen LogP contribution is 2.32. The molecule has 1 aromatic carbocycles. The molecular formula is C12H16N-. The Labute approximate surface area is 80.2 Å². The third kappa shape index (κ3) is 1.75. The number of rotatable bonds is 1. The summed E-state index contributed by atoms with van der Waals surface area (Å²) in [6.45, 7) is 0. The zero-order valence-electron chi connectivity index (χ0n) is 8.16. The van der Waals surface area contributed by atoms with Gasteiger partial charge in [0.2, 0.25) is 0 Å². The first-order valence-corrected chi connectivity index (χ1v) is 5.08. The van der Waals surface area contributed by atoms with Crippen LogP contribution in [0.4, 0.5) is 0 Å². The maximum atomic E-state index is 4.45. The molecule has 0 radical (unpaired) electrons. The number of nitrogens with zero attached hydrogens (tertiary/aromatic N) is 1. The number of fused-ring (bicyclic) bond motifs is 1. The SMILES string of the molecule is C[N-][C@H]1CCCCc2ccccc21. The lowest BCUT2D eigenvalue weighted by Gasteiger charge is -2.28. The van der Waals surface area contributed by atoms with Crippen LogP contribution in [-0.2, 0) is 6.42 Å². The van der Waals surface area contributed by atoms with Crippen molar-refractivity contribution >= 4 is 0 Å². The Kier molecular flexibility index (Phi) is 2.65. The second-order valence-corrected chi connectivity index (χ2v) is 3.72. The predicted molar refractivity (Wildman–Crippen MR) is 56.0 cm³/mol. The van der Waals surface area contributed by atoms with E-state index in [1.54, 1.807) is 0 Å². The molecule has 0 saturated heterocycles. The molecule has 0 aliphatic heterocycles. The summed E-state index contributed by atoms with van der Waals surface area (Å²) in [5.41, 5.74) is 2.97. The van der Waals surface area contributed by atoms with Gasteiger partial charge in [-0.25, -0.2) is 0 Å². The van der Waals surface area contributed by atoms with E-state index in [9.17, 15) is 0 Å². The monoisotopic (exact) mass is 174 g/mol. The maximum absolute atomic E-state index is 4.45. The summed E-state index contributed by atoms with van der Waals surface area (Å²) >= 11 is 0. The normalized spacial score (nSPS) is 22.1. The molecule has 0 fully saturated rings. The molecule has 0 amide bonds. The molecular weight excluding hydrogens is 158 g/mol. The summed E-state index contributed by atoms with van der Waals surface area (Å²) in [6, 6.07) is 9.20. The molecule has 1 aliphatic carbocycles. The van der Waals surface area contributed by atoms with Gasteiger partial charge < -0.3 is 5.32 Å². The lowest BCUT2D eigenvalue weighted by molar-refractivity contribution is 0.655. The van der Waals surface area contributed by atoms with Gasteiger partial charge in [-0.3, -0.25) is 0 Å². The maximum Gasteiger partial charge on any atom is -0.0277 e. The van der Waals surface area contributed by atoms with Crippen molar-refractivity contribution in [3.63, 3.8) is 0 Å². The van der Waals surface area contributed by atoms with Crippen molar-refractivity contribution < 1.29 is 0 Å². The molecule has 1 nitrogen and oxygen atoms in total. The third-order valence-electron chi connectivity index (χ3n) is 2.90. The van der Waals surface area contributed by atoms with Crippen LogP contribution in [-0.4, -0.2) is 7.05 Å². The quantitative estimate of drug-likeness (QED) is 0.579. The molecule has 0 bridgehead atoms. The van der Waals surface area contributed by atoms with Crippen LogP contribution in [0.25, 0.3) is 5.32 Å². The molecule has 1 atom stereocenters. The number of benzene rings is 1. The highest BCUT2D eigenvalue weighted by Gasteiger charge is 2.10. The van der Waals surface area contributed by atoms with Gasteiger partial charge in [0.25, 0.3) is 0 Å². The molecule has 0 saturated carbocycles. The lowest BCUT2D eigenvalue weighted by atomic mass is 9.99. The summed E-state index contributed by atoms with van der Waals surface area (Å²) in [5, 5.41) is 4.45. The van der Waals surface area contributed by atoms with Crippen LogP contribution in [0.3, 0.4) is 0 Å². The van der Waals surface area contributed by atoms with Gasteiger partial charge in [-0.1, -0.05) is 42.7 Å². The van der Waals surface area contributed by atoms with E-state index in [0.717, 1.165) is 0 Å². The largest absolute Gasteiger partial charge is 0.658 e. The van der Waals surface area contributed by atoms with E-state index in [1.165, 1.54) is 36.8 Å². The van der Waals surface area contributed by atoms with Crippen molar-refractivity contribution in [2.45, 2.75) is 31.7 Å². The van der Waals surface area contributed by atoms with Gasteiger partial charge in [0.1, 0.15) is 0 Å². The number of hydrogen-bond donors (Lipinski definition) is 0. The average Bonchev–Trinajstić information content (AvgIpc) is 2.39. The molecule has 0 N–H and O–H groups in total. The van der Waals surface area contributed by atoms with E-state index < -0.39 is 0 Å². The second-order valence-electron chi connectivity index (χ2n) is 3.72. The Hall–Kier alpha value is -0.820. The fourth-order valence-electron chi connectivity index (χ4n) is 2.16. The minimum atomic E-state index is 0.457. The highest BCUT2D eigenvalue weighted by molar-refractivity contribution is 5.33. The summed E-state index contributed by atoms with van der Waals surface area (Å²) in [5.74, 6) is 0. The molecule has 13 heavy (non-hydrogen) atoms. The molecule has 0 aromatic heterocycles. The minimum Gasteiger partial charge on any atom is -0.658 e. The van der Waals surface area contributed by atoms with Gasteiger partial charge in [0, 0.05) is 0 Å². The third-order valence-corrected chi connectivity index (χ3v) is 2.90. The van der Waals surface area contributed by atoms with Crippen LogP contribution in [0.2, 0.25) is 0 Å². The Balaban J connectivity index is 2.35. The van der Waals surface area contributed by atoms with Crippen molar-refractivity contribution in [1.29, 1.82) is 0 Å². The molecule has 70 valence electrons. The van der Waals surface area contributed by atoms with E-state index in [2.05, 4.69) is 29.6 Å². The van der Waals surface area contributed by atoms with Gasteiger partial charge >= 0.3 is 0 Å². The fraction of sp³-hybridized carbons (Fsp3) is 0.500. The average molecular weight is 174 g/mol. The molecule has 1 aromatic rings. The smallest absolute Gasteiger partial charge is 0.0277 e. The van der Waals surface area contributed by atoms with Crippen LogP contribution < -0.4 is 0 Å². The summed E-state index contributed by atoms with van der Waals surface area (Å²) < 4.78 is 0. The van der Waals surface area contributed by atoms with E-state index in [1.807, 2.05) is 7.05 Å². The number of hydrogen-bond acceptors (Lipinski definition) is 0.